The minimum absolute atomic E-state index is 0.195. The molecule has 28 heavy (non-hydrogen) atoms. The molecule has 3 aromatic rings. The third-order valence-electron chi connectivity index (χ3n) is 5.20. The van der Waals surface area contributed by atoms with Gasteiger partial charge in [-0.1, -0.05) is 24.3 Å². The first kappa shape index (κ1) is 19.5. The average Bonchev–Trinajstić information content (AvgIpc) is 3.16. The monoisotopic (exact) mass is 396 g/mol. The van der Waals surface area contributed by atoms with Crippen LogP contribution in [0, 0.1) is 0 Å². The van der Waals surface area contributed by atoms with Gasteiger partial charge in [0.2, 0.25) is 0 Å². The van der Waals surface area contributed by atoms with Crippen LogP contribution in [0.4, 0.5) is 0 Å². The zero-order valence-corrected chi connectivity index (χ0v) is 17.1. The molecule has 0 bridgehead atoms. The molecule has 2 heterocycles. The van der Waals surface area contributed by atoms with Crippen molar-refractivity contribution in [3.8, 4) is 0 Å². The number of hydrogen-bond donors (Lipinski definition) is 2. The number of ether oxygens (including phenoxy) is 1. The molecule has 1 fully saturated rings. The molecule has 1 aliphatic heterocycles. The number of nitrogens with zero attached hydrogens (tertiary/aromatic N) is 2. The standard InChI is InChI=1S/C22H28N4OS/c1-26-12-9-17(10-13-26)27-21(16-5-4-6-18(15-16)28-14-11-23)22-24-19-7-2-3-8-20(19)25-22/h2-8,15,17,21H,9-14,23H2,1H3,(H,24,25). The third kappa shape index (κ3) is 4.58. The summed E-state index contributed by atoms with van der Waals surface area (Å²) in [5, 5.41) is 0. The van der Waals surface area contributed by atoms with E-state index in [0.29, 0.717) is 6.54 Å². The topological polar surface area (TPSA) is 67.2 Å². The number of nitrogens with two attached hydrogens (primary N) is 1. The van der Waals surface area contributed by atoms with Crippen LogP contribution >= 0.6 is 11.8 Å². The molecule has 1 saturated heterocycles. The highest BCUT2D eigenvalue weighted by Crippen LogP contribution is 2.32. The number of nitrogens with one attached hydrogen (secondary N) is 1. The van der Waals surface area contributed by atoms with Crippen molar-refractivity contribution in [3.63, 3.8) is 0 Å². The van der Waals surface area contributed by atoms with Crippen LogP contribution in [0.25, 0.3) is 11.0 Å². The summed E-state index contributed by atoms with van der Waals surface area (Å²) < 4.78 is 6.65. The van der Waals surface area contributed by atoms with Gasteiger partial charge in [-0.05, 0) is 49.7 Å². The number of aromatic nitrogens is 2. The first-order chi connectivity index (χ1) is 13.7. The van der Waals surface area contributed by atoms with Crippen molar-refractivity contribution < 1.29 is 4.74 Å². The molecule has 0 aliphatic carbocycles. The summed E-state index contributed by atoms with van der Waals surface area (Å²) in [5.41, 5.74) is 8.84. The van der Waals surface area contributed by atoms with Crippen molar-refractivity contribution in [3.05, 3.63) is 59.9 Å². The Hall–Kier alpha value is -1.86. The summed E-state index contributed by atoms with van der Waals surface area (Å²) in [6.45, 7) is 2.82. The molecular formula is C22H28N4OS. The Morgan fingerprint density at radius 3 is 2.82 bits per heavy atom. The molecule has 0 saturated carbocycles. The van der Waals surface area contributed by atoms with Gasteiger partial charge in [0.05, 0.1) is 17.1 Å². The van der Waals surface area contributed by atoms with Gasteiger partial charge in [-0.15, -0.1) is 11.8 Å². The van der Waals surface area contributed by atoms with E-state index in [1.807, 2.05) is 18.2 Å². The zero-order chi connectivity index (χ0) is 19.3. The summed E-state index contributed by atoms with van der Waals surface area (Å²) >= 11 is 1.78. The highest BCUT2D eigenvalue weighted by atomic mass is 32.2. The van der Waals surface area contributed by atoms with Gasteiger partial charge in [0.1, 0.15) is 11.9 Å². The molecule has 0 amide bonds. The van der Waals surface area contributed by atoms with Crippen molar-refractivity contribution in [1.82, 2.24) is 14.9 Å². The van der Waals surface area contributed by atoms with Crippen LogP contribution in [0.1, 0.15) is 30.3 Å². The molecular weight excluding hydrogens is 368 g/mol. The molecule has 6 heteroatoms. The second kappa shape index (κ2) is 9.09. The number of hydrogen-bond acceptors (Lipinski definition) is 5. The van der Waals surface area contributed by atoms with Crippen LogP contribution in [-0.4, -0.2) is 53.4 Å². The highest BCUT2D eigenvalue weighted by molar-refractivity contribution is 7.99. The van der Waals surface area contributed by atoms with Crippen molar-refractivity contribution in [1.29, 1.82) is 0 Å². The van der Waals surface area contributed by atoms with E-state index < -0.39 is 0 Å². The largest absolute Gasteiger partial charge is 0.362 e. The van der Waals surface area contributed by atoms with Gasteiger partial charge in [-0.2, -0.15) is 0 Å². The van der Waals surface area contributed by atoms with Crippen LogP contribution in [0.2, 0.25) is 0 Å². The lowest BCUT2D eigenvalue weighted by Crippen LogP contribution is -2.35. The maximum absolute atomic E-state index is 6.65. The second-order valence-electron chi connectivity index (χ2n) is 7.37. The molecule has 0 radical (unpaired) electrons. The van der Waals surface area contributed by atoms with E-state index in [4.69, 9.17) is 15.5 Å². The van der Waals surface area contributed by atoms with Crippen LogP contribution in [0.5, 0.6) is 0 Å². The lowest BCUT2D eigenvalue weighted by Gasteiger charge is -2.31. The maximum Gasteiger partial charge on any atom is 0.141 e. The van der Waals surface area contributed by atoms with Gasteiger partial charge >= 0.3 is 0 Å². The van der Waals surface area contributed by atoms with Crippen LogP contribution in [0.15, 0.2) is 53.4 Å². The van der Waals surface area contributed by atoms with E-state index in [1.54, 1.807) is 11.8 Å². The van der Waals surface area contributed by atoms with Crippen LogP contribution < -0.4 is 5.73 Å². The molecule has 1 aliphatic rings. The van der Waals surface area contributed by atoms with E-state index in [-0.39, 0.29) is 12.2 Å². The number of fused-ring (bicyclic) bond motifs is 1. The predicted octanol–water partition coefficient (Wildman–Crippen LogP) is 3.81. The molecule has 1 unspecified atom stereocenters. The second-order valence-corrected chi connectivity index (χ2v) is 8.54. The first-order valence-corrected chi connectivity index (χ1v) is 10.9. The summed E-state index contributed by atoms with van der Waals surface area (Å²) in [7, 11) is 2.17. The number of thioether (sulfide) groups is 1. The first-order valence-electron chi connectivity index (χ1n) is 9.94. The lowest BCUT2D eigenvalue weighted by atomic mass is 10.1. The number of benzene rings is 2. The number of H-pyrrole nitrogens is 1. The zero-order valence-electron chi connectivity index (χ0n) is 16.3. The van der Waals surface area contributed by atoms with Gasteiger partial charge in [0, 0.05) is 30.3 Å². The Bertz CT molecular complexity index is 871. The van der Waals surface area contributed by atoms with Crippen LogP contribution in [-0.2, 0) is 4.74 Å². The summed E-state index contributed by atoms with van der Waals surface area (Å²) in [5.74, 6) is 1.79. The fraction of sp³-hybridized carbons (Fsp3) is 0.409. The molecule has 3 N–H and O–H groups in total. The molecule has 0 spiro atoms. The fourth-order valence-electron chi connectivity index (χ4n) is 3.66. The van der Waals surface area contributed by atoms with Crippen LogP contribution in [0.3, 0.4) is 0 Å². The average molecular weight is 397 g/mol. The molecule has 2 aromatic carbocycles. The van der Waals surface area contributed by atoms with E-state index in [0.717, 1.165) is 54.1 Å². The number of aromatic amines is 1. The highest BCUT2D eigenvalue weighted by Gasteiger charge is 2.26. The van der Waals surface area contributed by atoms with Gasteiger partial charge in [-0.3, -0.25) is 0 Å². The fourth-order valence-corrected chi connectivity index (χ4v) is 4.40. The number of imidazole rings is 1. The normalized spacial score (nSPS) is 17.2. The van der Waals surface area contributed by atoms with E-state index in [1.165, 1.54) is 4.90 Å². The van der Waals surface area contributed by atoms with E-state index in [2.05, 4.69) is 47.3 Å². The maximum atomic E-state index is 6.65. The Balaban J connectivity index is 1.64. The number of para-hydroxylation sites is 2. The predicted molar refractivity (Wildman–Crippen MR) is 116 cm³/mol. The minimum atomic E-state index is -0.195. The van der Waals surface area contributed by atoms with Gasteiger partial charge in [-0.25, -0.2) is 4.98 Å². The molecule has 1 atom stereocenters. The molecule has 148 valence electrons. The molecule has 5 nitrogen and oxygen atoms in total. The number of rotatable bonds is 7. The summed E-state index contributed by atoms with van der Waals surface area (Å²) in [6.07, 6.45) is 2.15. The summed E-state index contributed by atoms with van der Waals surface area (Å²) in [4.78, 5) is 11.9. The van der Waals surface area contributed by atoms with Gasteiger partial charge in [0.15, 0.2) is 0 Å². The molecule has 4 rings (SSSR count). The summed E-state index contributed by atoms with van der Waals surface area (Å²) in [6, 6.07) is 16.7. The van der Waals surface area contributed by atoms with Crippen molar-refractivity contribution in [2.45, 2.75) is 29.9 Å². The van der Waals surface area contributed by atoms with E-state index >= 15 is 0 Å². The number of piperidine rings is 1. The van der Waals surface area contributed by atoms with Crippen molar-refractivity contribution >= 4 is 22.8 Å². The lowest BCUT2D eigenvalue weighted by molar-refractivity contribution is -0.0264. The molecule has 1 aromatic heterocycles. The Morgan fingerprint density at radius 2 is 2.04 bits per heavy atom. The Morgan fingerprint density at radius 1 is 1.21 bits per heavy atom. The van der Waals surface area contributed by atoms with Crippen molar-refractivity contribution in [2.75, 3.05) is 32.4 Å². The SMILES string of the molecule is CN1CCC(OC(c2cccc(SCCN)c2)c2nc3ccccc3[nH]2)CC1. The minimum Gasteiger partial charge on any atom is -0.362 e. The number of likely N-dealkylation sites (tertiary alicyclic amines) is 1. The smallest absolute Gasteiger partial charge is 0.141 e. The Labute approximate surface area is 170 Å². The third-order valence-corrected chi connectivity index (χ3v) is 6.22. The van der Waals surface area contributed by atoms with E-state index in [9.17, 15) is 0 Å². The Kier molecular flexibility index (Phi) is 6.32. The quantitative estimate of drug-likeness (QED) is 0.595. The van der Waals surface area contributed by atoms with Gasteiger partial charge in [0.25, 0.3) is 0 Å². The van der Waals surface area contributed by atoms with Gasteiger partial charge < -0.3 is 20.4 Å². The van der Waals surface area contributed by atoms with Crippen molar-refractivity contribution in [2.24, 2.45) is 5.73 Å².